The molecule has 0 saturated carbocycles. The molecule has 1 aromatic heterocycles. The molecule has 1 aromatic rings. The van der Waals surface area contributed by atoms with Gasteiger partial charge in [0.1, 0.15) is 0 Å². The summed E-state index contributed by atoms with van der Waals surface area (Å²) in [5, 5.41) is 3.60. The lowest BCUT2D eigenvalue weighted by atomic mass is 10.0. The van der Waals surface area contributed by atoms with E-state index in [1.165, 1.54) is 0 Å². The molecule has 7 heteroatoms. The van der Waals surface area contributed by atoms with Gasteiger partial charge in [0.15, 0.2) is 26.5 Å². The van der Waals surface area contributed by atoms with Gasteiger partial charge in [-0.15, -0.1) is 0 Å². The monoisotopic (exact) mass is 293 g/mol. The number of aromatic nitrogens is 1. The number of hydrogen-bond donors (Lipinski definition) is 0. The minimum Gasteiger partial charge on any atom is -0.359 e. The molecule has 1 unspecified atom stereocenters. The van der Waals surface area contributed by atoms with Crippen molar-refractivity contribution in [1.29, 1.82) is 0 Å². The fourth-order valence-corrected chi connectivity index (χ4v) is 3.79. The van der Waals surface area contributed by atoms with Crippen LogP contribution < -0.4 is 0 Å². The van der Waals surface area contributed by atoms with Crippen molar-refractivity contribution in [2.45, 2.75) is 12.3 Å². The Balaban J connectivity index is 2.35. The first kappa shape index (κ1) is 10.8. The summed E-state index contributed by atoms with van der Waals surface area (Å²) in [7, 11) is -2.98. The number of sulfone groups is 1. The molecule has 82 valence electrons. The molecule has 5 nitrogen and oxygen atoms in total. The molecular formula is C8H8BrNO4S. The minimum atomic E-state index is -2.98. The number of nitrogens with zero attached hydrogens (tertiary/aromatic N) is 1. The molecule has 0 radical (unpaired) electrons. The van der Waals surface area contributed by atoms with E-state index in [4.69, 9.17) is 4.52 Å². The summed E-state index contributed by atoms with van der Waals surface area (Å²) in [5.41, 5.74) is 0.317. The molecule has 2 heterocycles. The Hall–Kier alpha value is -0.690. The van der Waals surface area contributed by atoms with Crippen LogP contribution in [0.25, 0.3) is 0 Å². The van der Waals surface area contributed by atoms with Crippen molar-refractivity contribution in [2.24, 2.45) is 0 Å². The Morgan fingerprint density at radius 3 is 2.80 bits per heavy atom. The van der Waals surface area contributed by atoms with Crippen molar-refractivity contribution >= 4 is 32.1 Å². The SMILES string of the molecule is O=Cc1c(Br)noc1C1CCS(=O)(=O)C1. The fourth-order valence-electron chi connectivity index (χ4n) is 1.69. The topological polar surface area (TPSA) is 77.2 Å². The Morgan fingerprint density at radius 2 is 2.27 bits per heavy atom. The average molecular weight is 294 g/mol. The first-order valence-electron chi connectivity index (χ1n) is 4.34. The van der Waals surface area contributed by atoms with Crippen LogP contribution in [0.4, 0.5) is 0 Å². The number of carbonyl (C=O) groups excluding carboxylic acids is 1. The lowest BCUT2D eigenvalue weighted by molar-refractivity contribution is 0.112. The molecule has 1 saturated heterocycles. The van der Waals surface area contributed by atoms with Gasteiger partial charge in [0, 0.05) is 5.92 Å². The molecule has 0 bridgehead atoms. The van der Waals surface area contributed by atoms with E-state index >= 15 is 0 Å². The van der Waals surface area contributed by atoms with E-state index in [-0.39, 0.29) is 17.4 Å². The van der Waals surface area contributed by atoms with Crippen molar-refractivity contribution in [1.82, 2.24) is 5.16 Å². The Morgan fingerprint density at radius 1 is 1.53 bits per heavy atom. The van der Waals surface area contributed by atoms with Gasteiger partial charge in [-0.1, -0.05) is 5.16 Å². The molecule has 2 rings (SSSR count). The van der Waals surface area contributed by atoms with Crippen LogP contribution in [-0.2, 0) is 9.84 Å². The zero-order valence-corrected chi connectivity index (χ0v) is 10.0. The maximum Gasteiger partial charge on any atom is 0.160 e. The molecule has 1 aliphatic rings. The molecule has 0 N–H and O–H groups in total. The predicted molar refractivity (Wildman–Crippen MR) is 55.6 cm³/mol. The third-order valence-corrected chi connectivity index (χ3v) is 4.77. The quantitative estimate of drug-likeness (QED) is 0.765. The Labute approximate surface area is 94.9 Å². The highest BCUT2D eigenvalue weighted by atomic mass is 79.9. The summed E-state index contributed by atoms with van der Waals surface area (Å²) in [5.74, 6) is 0.316. The maximum atomic E-state index is 11.3. The molecule has 15 heavy (non-hydrogen) atoms. The highest BCUT2D eigenvalue weighted by Crippen LogP contribution is 2.32. The number of aldehydes is 1. The van der Waals surface area contributed by atoms with Crippen molar-refractivity contribution in [3.8, 4) is 0 Å². The van der Waals surface area contributed by atoms with Gasteiger partial charge in [-0.2, -0.15) is 0 Å². The summed E-state index contributed by atoms with van der Waals surface area (Å²) in [6, 6.07) is 0. The van der Waals surface area contributed by atoms with Gasteiger partial charge < -0.3 is 4.52 Å². The lowest BCUT2D eigenvalue weighted by Crippen LogP contribution is -2.04. The highest BCUT2D eigenvalue weighted by Gasteiger charge is 2.34. The minimum absolute atomic E-state index is 0.0372. The molecule has 0 aromatic carbocycles. The maximum absolute atomic E-state index is 11.3. The van der Waals surface area contributed by atoms with E-state index in [0.717, 1.165) is 0 Å². The van der Waals surface area contributed by atoms with Gasteiger partial charge in [0.25, 0.3) is 0 Å². The summed E-state index contributed by atoms with van der Waals surface area (Å²) < 4.78 is 27.8. The van der Waals surface area contributed by atoms with Gasteiger partial charge in [-0.05, 0) is 22.4 Å². The zero-order valence-electron chi connectivity index (χ0n) is 7.64. The van der Waals surface area contributed by atoms with E-state index in [9.17, 15) is 13.2 Å². The van der Waals surface area contributed by atoms with E-state index in [1.54, 1.807) is 0 Å². The van der Waals surface area contributed by atoms with Crippen molar-refractivity contribution < 1.29 is 17.7 Å². The molecule has 1 atom stereocenters. The van der Waals surface area contributed by atoms with Crippen LogP contribution in [0.1, 0.15) is 28.5 Å². The van der Waals surface area contributed by atoms with E-state index in [1.807, 2.05) is 0 Å². The number of hydrogen-bond acceptors (Lipinski definition) is 5. The van der Waals surface area contributed by atoms with Gasteiger partial charge in [0.2, 0.25) is 0 Å². The molecule has 0 spiro atoms. The van der Waals surface area contributed by atoms with Gasteiger partial charge in [0.05, 0.1) is 17.1 Å². The molecular weight excluding hydrogens is 286 g/mol. The van der Waals surface area contributed by atoms with Crippen LogP contribution in [0.2, 0.25) is 0 Å². The second kappa shape index (κ2) is 3.71. The van der Waals surface area contributed by atoms with E-state index in [2.05, 4.69) is 21.1 Å². The number of rotatable bonds is 2. The Bertz CT molecular complexity index is 493. The smallest absolute Gasteiger partial charge is 0.160 e. The van der Waals surface area contributed by atoms with Gasteiger partial charge in [-0.25, -0.2) is 8.42 Å². The Kier molecular flexibility index (Phi) is 2.68. The lowest BCUT2D eigenvalue weighted by Gasteiger charge is -2.01. The van der Waals surface area contributed by atoms with Crippen LogP contribution in [-0.4, -0.2) is 31.4 Å². The van der Waals surface area contributed by atoms with Crippen LogP contribution in [0.5, 0.6) is 0 Å². The summed E-state index contributed by atoms with van der Waals surface area (Å²) >= 11 is 3.07. The summed E-state index contributed by atoms with van der Waals surface area (Å²) in [4.78, 5) is 10.7. The second-order valence-electron chi connectivity index (χ2n) is 3.47. The van der Waals surface area contributed by atoms with Crippen molar-refractivity contribution in [3.63, 3.8) is 0 Å². The van der Waals surface area contributed by atoms with Crippen LogP contribution >= 0.6 is 15.9 Å². The molecule has 1 aliphatic heterocycles. The van der Waals surface area contributed by atoms with Crippen LogP contribution in [0, 0.1) is 0 Å². The predicted octanol–water partition coefficient (Wildman–Crippen LogP) is 1.15. The summed E-state index contributed by atoms with van der Waals surface area (Å²) in [6.45, 7) is 0. The van der Waals surface area contributed by atoms with Crippen LogP contribution in [0.15, 0.2) is 9.13 Å². The van der Waals surface area contributed by atoms with Crippen molar-refractivity contribution in [3.05, 3.63) is 15.9 Å². The first-order valence-corrected chi connectivity index (χ1v) is 6.95. The number of carbonyl (C=O) groups is 1. The van der Waals surface area contributed by atoms with E-state index < -0.39 is 9.84 Å². The first-order chi connectivity index (χ1) is 7.03. The average Bonchev–Trinajstić information content (AvgIpc) is 2.69. The molecule has 0 amide bonds. The highest BCUT2D eigenvalue weighted by molar-refractivity contribution is 9.10. The normalized spacial score (nSPS) is 24.2. The molecule has 0 aliphatic carbocycles. The van der Waals surface area contributed by atoms with Gasteiger partial charge >= 0.3 is 0 Å². The van der Waals surface area contributed by atoms with Crippen LogP contribution in [0.3, 0.4) is 0 Å². The van der Waals surface area contributed by atoms with Gasteiger partial charge in [-0.3, -0.25) is 4.79 Å². The second-order valence-corrected chi connectivity index (χ2v) is 6.45. The zero-order chi connectivity index (χ0) is 11.1. The third-order valence-electron chi connectivity index (χ3n) is 2.43. The molecule has 1 fully saturated rings. The largest absolute Gasteiger partial charge is 0.359 e. The standard InChI is InChI=1S/C8H8BrNO4S/c9-8-6(3-11)7(14-10-8)5-1-2-15(12,13)4-5/h3,5H,1-2,4H2. The van der Waals surface area contributed by atoms with E-state index in [0.29, 0.717) is 28.6 Å². The third kappa shape index (κ3) is 1.98. The van der Waals surface area contributed by atoms with Crippen molar-refractivity contribution in [2.75, 3.05) is 11.5 Å². The fraction of sp³-hybridized carbons (Fsp3) is 0.500. The number of halogens is 1. The summed E-state index contributed by atoms with van der Waals surface area (Å²) in [6.07, 6.45) is 1.12.